The number of likely N-dealkylation sites (N-methyl/N-ethyl adjacent to an activating group) is 1. The zero-order valence-electron chi connectivity index (χ0n) is 20.1. The first-order valence-corrected chi connectivity index (χ1v) is 12.9. The summed E-state index contributed by atoms with van der Waals surface area (Å²) >= 11 is 5.91. The maximum Gasteiger partial charge on any atom is 0.258 e. The lowest BCUT2D eigenvalue weighted by Crippen LogP contribution is -2.50. The highest BCUT2D eigenvalue weighted by molar-refractivity contribution is 7.89. The van der Waals surface area contributed by atoms with Crippen molar-refractivity contribution in [1.29, 1.82) is 0 Å². The van der Waals surface area contributed by atoms with Crippen molar-refractivity contribution in [2.75, 3.05) is 45.7 Å². The largest absolute Gasteiger partial charge is 0.488 e. The van der Waals surface area contributed by atoms with E-state index in [-0.39, 0.29) is 29.9 Å². The lowest BCUT2D eigenvalue weighted by molar-refractivity contribution is 0.0387. The maximum atomic E-state index is 13.4. The van der Waals surface area contributed by atoms with Crippen molar-refractivity contribution in [3.63, 3.8) is 0 Å². The van der Waals surface area contributed by atoms with E-state index in [0.29, 0.717) is 22.9 Å². The van der Waals surface area contributed by atoms with Crippen LogP contribution in [0.4, 0.5) is 5.69 Å². The topological polar surface area (TPSA) is 90.4 Å². The Hall–Kier alpha value is -2.33. The number of hydrogen-bond acceptors (Lipinski definition) is 6. The summed E-state index contributed by atoms with van der Waals surface area (Å²) in [6, 6.07) is 11.0. The van der Waals surface area contributed by atoms with Crippen molar-refractivity contribution in [3.8, 4) is 5.75 Å². The highest BCUT2D eigenvalue weighted by Crippen LogP contribution is 2.31. The van der Waals surface area contributed by atoms with E-state index >= 15 is 0 Å². The third kappa shape index (κ3) is 5.49. The van der Waals surface area contributed by atoms with Crippen LogP contribution < -0.4 is 9.64 Å². The van der Waals surface area contributed by atoms with Crippen molar-refractivity contribution in [3.05, 3.63) is 53.1 Å². The molecule has 1 N–H and O–H groups in total. The van der Waals surface area contributed by atoms with E-state index < -0.39 is 22.2 Å². The third-order valence-electron chi connectivity index (χ3n) is 6.12. The van der Waals surface area contributed by atoms with Crippen LogP contribution in [0.15, 0.2) is 47.4 Å². The minimum Gasteiger partial charge on any atom is -0.488 e. The lowest BCUT2D eigenvalue weighted by atomic mass is 9.99. The smallest absolute Gasteiger partial charge is 0.258 e. The average molecular weight is 510 g/mol. The molecule has 2 aromatic rings. The van der Waals surface area contributed by atoms with Gasteiger partial charge in [0.2, 0.25) is 10.0 Å². The number of aliphatic hydroxyl groups is 1. The molecule has 8 nitrogen and oxygen atoms in total. The summed E-state index contributed by atoms with van der Waals surface area (Å²) in [5.74, 6) is -0.0465. The van der Waals surface area contributed by atoms with Crippen molar-refractivity contribution >= 4 is 33.2 Å². The van der Waals surface area contributed by atoms with Crippen LogP contribution in [0.3, 0.4) is 0 Å². The molecule has 0 aromatic heterocycles. The average Bonchev–Trinajstić information content (AvgIpc) is 2.80. The molecule has 3 atom stereocenters. The second-order valence-corrected chi connectivity index (χ2v) is 11.4. The van der Waals surface area contributed by atoms with Crippen molar-refractivity contribution in [2.24, 2.45) is 5.92 Å². The second-order valence-electron chi connectivity index (χ2n) is 8.94. The summed E-state index contributed by atoms with van der Waals surface area (Å²) in [4.78, 5) is 17.1. The quantitative estimate of drug-likeness (QED) is 0.617. The number of halogens is 1. The molecule has 0 fully saturated rings. The van der Waals surface area contributed by atoms with Crippen LogP contribution in [0.1, 0.15) is 24.2 Å². The van der Waals surface area contributed by atoms with Gasteiger partial charge in [0.15, 0.2) is 0 Å². The van der Waals surface area contributed by atoms with Gasteiger partial charge in [0.1, 0.15) is 11.9 Å². The van der Waals surface area contributed by atoms with Gasteiger partial charge in [-0.15, -0.1) is 0 Å². The molecule has 0 saturated heterocycles. The summed E-state index contributed by atoms with van der Waals surface area (Å²) in [6.07, 6.45) is -0.530. The predicted molar refractivity (Wildman–Crippen MR) is 133 cm³/mol. The monoisotopic (exact) mass is 509 g/mol. The number of amides is 1. The lowest BCUT2D eigenvalue weighted by Gasteiger charge is -2.38. The van der Waals surface area contributed by atoms with Gasteiger partial charge in [-0.25, -0.2) is 8.42 Å². The Morgan fingerprint density at radius 2 is 1.82 bits per heavy atom. The fraction of sp³-hybridized carbons (Fsp3) is 0.458. The molecule has 0 radical (unpaired) electrons. The summed E-state index contributed by atoms with van der Waals surface area (Å²) in [7, 11) is 1.50. The standard InChI is InChI=1S/C24H32ClN3O5S/c1-16-13-28(17(2)15-29)24(30)21-12-19(26(3)4)8-11-22(21)33-23(16)14-27(5)34(31,32)20-9-6-18(25)7-10-20/h6-12,16-17,23,29H,13-15H2,1-5H3/t16-,17-,23-/m0/s1. The van der Waals surface area contributed by atoms with E-state index in [2.05, 4.69) is 0 Å². The van der Waals surface area contributed by atoms with Crippen LogP contribution in [0.5, 0.6) is 5.75 Å². The molecular formula is C24H32ClN3O5S. The molecule has 1 heterocycles. The molecule has 0 spiro atoms. The van der Waals surface area contributed by atoms with Gasteiger partial charge in [0.05, 0.1) is 29.7 Å². The molecule has 1 aliphatic heterocycles. The molecule has 0 aliphatic carbocycles. The Bertz CT molecular complexity index is 1120. The number of nitrogens with zero attached hydrogens (tertiary/aromatic N) is 3. The normalized spacial score (nSPS) is 19.8. The number of carbonyl (C=O) groups is 1. The molecule has 34 heavy (non-hydrogen) atoms. The van der Waals surface area contributed by atoms with Gasteiger partial charge < -0.3 is 19.6 Å². The second kappa shape index (κ2) is 10.5. The van der Waals surface area contributed by atoms with Gasteiger partial charge >= 0.3 is 0 Å². The molecule has 3 rings (SSSR count). The predicted octanol–water partition coefficient (Wildman–Crippen LogP) is 2.95. The number of aliphatic hydroxyl groups excluding tert-OH is 1. The third-order valence-corrected chi connectivity index (χ3v) is 8.21. The fourth-order valence-electron chi connectivity index (χ4n) is 3.84. The van der Waals surface area contributed by atoms with E-state index in [1.807, 2.05) is 32.0 Å². The van der Waals surface area contributed by atoms with Crippen LogP contribution in [0.25, 0.3) is 0 Å². The van der Waals surface area contributed by atoms with E-state index in [9.17, 15) is 18.3 Å². The number of rotatable bonds is 7. The van der Waals surface area contributed by atoms with E-state index in [4.69, 9.17) is 16.3 Å². The molecule has 0 unspecified atom stereocenters. The first-order valence-electron chi connectivity index (χ1n) is 11.1. The summed E-state index contributed by atoms with van der Waals surface area (Å²) in [6.45, 7) is 3.91. The summed E-state index contributed by atoms with van der Waals surface area (Å²) < 4.78 is 33.8. The van der Waals surface area contributed by atoms with Crippen molar-refractivity contribution in [2.45, 2.75) is 30.9 Å². The zero-order valence-corrected chi connectivity index (χ0v) is 21.7. The Labute approximate surface area is 206 Å². The van der Waals surface area contributed by atoms with Crippen LogP contribution in [-0.4, -0.2) is 81.6 Å². The summed E-state index contributed by atoms with van der Waals surface area (Å²) in [5.41, 5.74) is 1.21. The first kappa shape index (κ1) is 26.3. The Kier molecular flexibility index (Phi) is 8.13. The van der Waals surface area contributed by atoms with E-state index in [1.54, 1.807) is 24.0 Å². The van der Waals surface area contributed by atoms with Crippen molar-refractivity contribution in [1.82, 2.24) is 9.21 Å². The molecule has 10 heteroatoms. The number of ether oxygens (including phenoxy) is 1. The molecular weight excluding hydrogens is 478 g/mol. The zero-order chi connectivity index (χ0) is 25.2. The Morgan fingerprint density at radius 3 is 2.41 bits per heavy atom. The number of sulfonamides is 1. The molecule has 1 aliphatic rings. The Balaban J connectivity index is 1.97. The molecule has 2 aromatic carbocycles. The number of anilines is 1. The van der Waals surface area contributed by atoms with Gasteiger partial charge in [-0.2, -0.15) is 4.31 Å². The number of carbonyl (C=O) groups excluding carboxylic acids is 1. The van der Waals surface area contributed by atoms with Crippen LogP contribution >= 0.6 is 11.6 Å². The molecule has 186 valence electrons. The SMILES string of the molecule is C[C@H]1CN([C@@H](C)CO)C(=O)c2cc(N(C)C)ccc2O[C@H]1CN(C)S(=O)(=O)c1ccc(Cl)cc1. The summed E-state index contributed by atoms with van der Waals surface area (Å²) in [5, 5.41) is 10.2. The van der Waals surface area contributed by atoms with Crippen molar-refractivity contribution < 1.29 is 23.1 Å². The number of fused-ring (bicyclic) bond motifs is 1. The van der Waals surface area contributed by atoms with Gasteiger partial charge in [-0.1, -0.05) is 18.5 Å². The van der Waals surface area contributed by atoms with Crippen LogP contribution in [0, 0.1) is 5.92 Å². The van der Waals surface area contributed by atoms with E-state index in [0.717, 1.165) is 5.69 Å². The maximum absolute atomic E-state index is 13.4. The van der Waals surface area contributed by atoms with E-state index in [1.165, 1.54) is 35.6 Å². The highest BCUT2D eigenvalue weighted by Gasteiger charge is 2.35. The van der Waals surface area contributed by atoms with Gasteiger partial charge in [-0.05, 0) is 49.4 Å². The molecule has 1 amide bonds. The minimum atomic E-state index is -3.77. The van der Waals surface area contributed by atoms with Crippen LogP contribution in [0.2, 0.25) is 5.02 Å². The molecule has 0 bridgehead atoms. The highest BCUT2D eigenvalue weighted by atomic mass is 35.5. The minimum absolute atomic E-state index is 0.0799. The number of benzene rings is 2. The fourth-order valence-corrected chi connectivity index (χ4v) is 5.15. The van der Waals surface area contributed by atoms with Gasteiger partial charge in [-0.3, -0.25) is 4.79 Å². The number of hydrogen-bond donors (Lipinski definition) is 1. The Morgan fingerprint density at radius 1 is 1.18 bits per heavy atom. The van der Waals surface area contributed by atoms with Gasteiger partial charge in [0, 0.05) is 44.3 Å². The van der Waals surface area contributed by atoms with Crippen LogP contribution in [-0.2, 0) is 10.0 Å². The molecule has 0 saturated carbocycles. The van der Waals surface area contributed by atoms with Gasteiger partial charge in [0.25, 0.3) is 5.91 Å². The first-order chi connectivity index (χ1) is 15.9.